The molecule has 2 unspecified atom stereocenters. The van der Waals surface area contributed by atoms with Crippen molar-refractivity contribution in [3.8, 4) is 0 Å². The van der Waals surface area contributed by atoms with Gasteiger partial charge in [0.15, 0.2) is 6.04 Å². The Bertz CT molecular complexity index is 1210. The van der Waals surface area contributed by atoms with Crippen LogP contribution in [0.15, 0.2) is 30.5 Å². The molecule has 1 saturated heterocycles. The van der Waals surface area contributed by atoms with Crippen LogP contribution in [-0.4, -0.2) is 55.0 Å². The van der Waals surface area contributed by atoms with Crippen molar-refractivity contribution in [3.05, 3.63) is 57.3 Å². The molecular formula is C23H24Cl2F3N3O3S. The third kappa shape index (κ3) is 5.70. The number of pyridine rings is 1. The molecule has 0 bridgehead atoms. The average molecular weight is 550 g/mol. The van der Waals surface area contributed by atoms with E-state index in [2.05, 4.69) is 10.3 Å². The summed E-state index contributed by atoms with van der Waals surface area (Å²) in [6, 6.07) is 4.15. The summed E-state index contributed by atoms with van der Waals surface area (Å²) in [4.78, 5) is 17.5. The van der Waals surface area contributed by atoms with Crippen LogP contribution < -0.4 is 5.32 Å². The van der Waals surface area contributed by atoms with Crippen LogP contribution in [-0.2, 0) is 27.5 Å². The number of amides is 1. The van der Waals surface area contributed by atoms with Gasteiger partial charge in [-0.2, -0.15) is 13.2 Å². The number of rotatable bonds is 5. The second kappa shape index (κ2) is 9.78. The Hall–Kier alpha value is -2.04. The molecule has 1 N–H and O–H groups in total. The molecule has 4 rings (SSSR count). The predicted octanol–water partition coefficient (Wildman–Crippen LogP) is 4.85. The van der Waals surface area contributed by atoms with E-state index >= 15 is 0 Å². The van der Waals surface area contributed by atoms with Gasteiger partial charge in [-0.15, -0.1) is 0 Å². The minimum absolute atomic E-state index is 0.0149. The maximum absolute atomic E-state index is 14.0. The Labute approximate surface area is 211 Å². The van der Waals surface area contributed by atoms with E-state index in [4.69, 9.17) is 23.2 Å². The van der Waals surface area contributed by atoms with Crippen molar-refractivity contribution in [3.63, 3.8) is 0 Å². The molecule has 0 radical (unpaired) electrons. The van der Waals surface area contributed by atoms with Crippen molar-refractivity contribution in [2.24, 2.45) is 5.92 Å². The van der Waals surface area contributed by atoms with Gasteiger partial charge in [0.25, 0.3) is 0 Å². The molecule has 6 nitrogen and oxygen atoms in total. The summed E-state index contributed by atoms with van der Waals surface area (Å²) in [6.45, 7) is 0. The SMILES string of the molecule is CN(C(=O)C1CCS(=O)(=O)CC1)C(c1ccc(NC2Cc3ccc(Cl)c(Cl)c3C2)cn1)C(F)(F)F. The molecule has 2 heterocycles. The first-order valence-electron chi connectivity index (χ1n) is 11.1. The zero-order chi connectivity index (χ0) is 25.5. The van der Waals surface area contributed by atoms with Gasteiger partial charge in [-0.1, -0.05) is 29.3 Å². The third-order valence-electron chi connectivity index (χ3n) is 6.60. The highest BCUT2D eigenvalue weighted by Gasteiger charge is 2.47. The average Bonchev–Trinajstić information content (AvgIpc) is 3.19. The van der Waals surface area contributed by atoms with Gasteiger partial charge >= 0.3 is 6.18 Å². The van der Waals surface area contributed by atoms with E-state index in [0.717, 1.165) is 18.2 Å². The number of hydrogen-bond acceptors (Lipinski definition) is 5. The standard InChI is InChI=1S/C23H24Cl2F3N3O3S/c1-31(22(32)13-6-8-35(33,34)9-7-13)21(23(26,27)28)19-5-3-15(12-29-19)30-16-10-14-2-4-18(24)20(25)17(14)11-16/h2-5,12-13,16,21,30H,6-11H2,1H3. The van der Waals surface area contributed by atoms with Crippen molar-refractivity contribution < 1.29 is 26.4 Å². The molecule has 190 valence electrons. The van der Waals surface area contributed by atoms with Crippen LogP contribution in [0.25, 0.3) is 0 Å². The Kier molecular flexibility index (Phi) is 7.28. The lowest BCUT2D eigenvalue weighted by atomic mass is 9.99. The van der Waals surface area contributed by atoms with Crippen LogP contribution in [0, 0.1) is 5.92 Å². The van der Waals surface area contributed by atoms with E-state index in [1.54, 1.807) is 6.07 Å². The lowest BCUT2D eigenvalue weighted by molar-refractivity contribution is -0.191. The second-order valence-electron chi connectivity index (χ2n) is 9.04. The van der Waals surface area contributed by atoms with Crippen molar-refractivity contribution >= 4 is 44.6 Å². The fourth-order valence-corrected chi connectivity index (χ4v) is 6.69. The van der Waals surface area contributed by atoms with Crippen LogP contribution in [0.3, 0.4) is 0 Å². The molecule has 1 aromatic heterocycles. The summed E-state index contributed by atoms with van der Waals surface area (Å²) in [5.74, 6) is -1.89. The topological polar surface area (TPSA) is 79.4 Å². The van der Waals surface area contributed by atoms with E-state index < -0.39 is 33.9 Å². The van der Waals surface area contributed by atoms with E-state index in [0.29, 0.717) is 33.5 Å². The Morgan fingerprint density at radius 3 is 2.43 bits per heavy atom. The lowest BCUT2D eigenvalue weighted by Crippen LogP contribution is -2.44. The number of nitrogens with one attached hydrogen (secondary N) is 1. The number of anilines is 1. The monoisotopic (exact) mass is 549 g/mol. The van der Waals surface area contributed by atoms with Gasteiger partial charge in [0, 0.05) is 19.0 Å². The zero-order valence-electron chi connectivity index (χ0n) is 18.8. The fourth-order valence-electron chi connectivity index (χ4n) is 4.76. The Morgan fingerprint density at radius 1 is 1.14 bits per heavy atom. The highest BCUT2D eigenvalue weighted by molar-refractivity contribution is 7.91. The fraction of sp³-hybridized carbons (Fsp3) is 0.478. The van der Waals surface area contributed by atoms with E-state index in [-0.39, 0.29) is 36.1 Å². The number of benzene rings is 1. The molecule has 0 saturated carbocycles. The summed E-state index contributed by atoms with van der Waals surface area (Å²) >= 11 is 12.4. The number of alkyl halides is 3. The molecule has 2 aliphatic rings. The molecule has 0 spiro atoms. The highest BCUT2D eigenvalue weighted by Crippen LogP contribution is 2.38. The van der Waals surface area contributed by atoms with Crippen molar-refractivity contribution in [1.82, 2.24) is 9.88 Å². The molecule has 1 aliphatic carbocycles. The maximum atomic E-state index is 14.0. The number of hydrogen-bond donors (Lipinski definition) is 1. The van der Waals surface area contributed by atoms with E-state index in [1.165, 1.54) is 18.3 Å². The van der Waals surface area contributed by atoms with E-state index in [1.807, 2.05) is 6.07 Å². The Morgan fingerprint density at radius 2 is 1.83 bits per heavy atom. The van der Waals surface area contributed by atoms with Gasteiger partial charge in [0.2, 0.25) is 5.91 Å². The number of carbonyl (C=O) groups excluding carboxylic acids is 1. The van der Waals surface area contributed by atoms with Gasteiger partial charge < -0.3 is 10.2 Å². The molecule has 1 amide bonds. The first-order chi connectivity index (χ1) is 16.4. The van der Waals surface area contributed by atoms with Crippen LogP contribution in [0.4, 0.5) is 18.9 Å². The van der Waals surface area contributed by atoms with Crippen LogP contribution in [0.1, 0.15) is 35.7 Å². The van der Waals surface area contributed by atoms with Gasteiger partial charge in [-0.05, 0) is 55.0 Å². The number of halogens is 5. The molecule has 1 aliphatic heterocycles. The summed E-state index contributed by atoms with van der Waals surface area (Å²) in [6.07, 6.45) is -2.09. The normalized spacial score (nSPS) is 20.8. The van der Waals surface area contributed by atoms with Crippen molar-refractivity contribution in [2.45, 2.75) is 43.9 Å². The van der Waals surface area contributed by atoms with Gasteiger partial charge in [-0.3, -0.25) is 9.78 Å². The number of sulfone groups is 1. The van der Waals surface area contributed by atoms with Crippen LogP contribution in [0.5, 0.6) is 0 Å². The minimum atomic E-state index is -4.75. The maximum Gasteiger partial charge on any atom is 0.414 e. The summed E-state index contributed by atoms with van der Waals surface area (Å²) < 4.78 is 65.2. The number of aromatic nitrogens is 1. The molecule has 1 aromatic carbocycles. The summed E-state index contributed by atoms with van der Waals surface area (Å²) in [5.41, 5.74) is 2.25. The highest BCUT2D eigenvalue weighted by atomic mass is 35.5. The zero-order valence-corrected chi connectivity index (χ0v) is 21.1. The predicted molar refractivity (Wildman–Crippen MR) is 128 cm³/mol. The molecule has 2 aromatic rings. The summed E-state index contributed by atoms with van der Waals surface area (Å²) in [5, 5.41) is 4.26. The molecule has 35 heavy (non-hydrogen) atoms. The molecular weight excluding hydrogens is 526 g/mol. The molecule has 2 atom stereocenters. The molecule has 1 fully saturated rings. The van der Waals surface area contributed by atoms with Crippen LogP contribution >= 0.6 is 23.2 Å². The van der Waals surface area contributed by atoms with E-state index in [9.17, 15) is 26.4 Å². The van der Waals surface area contributed by atoms with Gasteiger partial charge in [0.05, 0.1) is 39.1 Å². The van der Waals surface area contributed by atoms with Crippen molar-refractivity contribution in [1.29, 1.82) is 0 Å². The van der Waals surface area contributed by atoms with Crippen LogP contribution in [0.2, 0.25) is 10.0 Å². The quantitative estimate of drug-likeness (QED) is 0.576. The largest absolute Gasteiger partial charge is 0.414 e. The smallest absolute Gasteiger partial charge is 0.380 e. The number of carbonyl (C=O) groups is 1. The van der Waals surface area contributed by atoms with Crippen molar-refractivity contribution in [2.75, 3.05) is 23.9 Å². The lowest BCUT2D eigenvalue weighted by Gasteiger charge is -2.33. The third-order valence-corrected chi connectivity index (χ3v) is 9.15. The number of fused-ring (bicyclic) bond motifs is 1. The first kappa shape index (κ1) is 26.0. The second-order valence-corrected chi connectivity index (χ2v) is 12.1. The summed E-state index contributed by atoms with van der Waals surface area (Å²) in [7, 11) is -2.15. The van der Waals surface area contributed by atoms with Gasteiger partial charge in [-0.25, -0.2) is 8.42 Å². The first-order valence-corrected chi connectivity index (χ1v) is 13.7. The Balaban J connectivity index is 1.46. The van der Waals surface area contributed by atoms with Gasteiger partial charge in [0.1, 0.15) is 9.84 Å². The number of nitrogens with zero attached hydrogens (tertiary/aromatic N) is 2. The minimum Gasteiger partial charge on any atom is -0.380 e. The molecule has 12 heteroatoms.